The highest BCUT2D eigenvalue weighted by Crippen LogP contribution is 2.43. The Morgan fingerprint density at radius 2 is 1.42 bits per heavy atom. The van der Waals surface area contributed by atoms with Gasteiger partial charge in [0.15, 0.2) is 28.8 Å². The van der Waals surface area contributed by atoms with Gasteiger partial charge in [-0.3, -0.25) is 9.59 Å². The van der Waals surface area contributed by atoms with E-state index in [-0.39, 0.29) is 41.0 Å². The van der Waals surface area contributed by atoms with Crippen LogP contribution in [-0.4, -0.2) is 110 Å². The summed E-state index contributed by atoms with van der Waals surface area (Å²) in [5.74, 6) is 1.71. The van der Waals surface area contributed by atoms with E-state index in [2.05, 4.69) is 11.0 Å². The van der Waals surface area contributed by atoms with E-state index < -0.39 is 5.97 Å². The maximum Gasteiger partial charge on any atom is 0.335 e. The maximum absolute atomic E-state index is 14.2. The third kappa shape index (κ3) is 8.67. The van der Waals surface area contributed by atoms with Crippen molar-refractivity contribution < 1.29 is 43.2 Å². The van der Waals surface area contributed by atoms with E-state index in [1.54, 1.807) is 50.6 Å². The summed E-state index contributed by atoms with van der Waals surface area (Å²) in [4.78, 5) is 48.9. The minimum Gasteiger partial charge on any atom is -0.493 e. The number of carboxylic acids is 1. The number of aromatic carboxylic acids is 1. The number of amides is 1. The lowest BCUT2D eigenvalue weighted by atomic mass is 9.76. The molecule has 5 aromatic rings. The Bertz CT molecular complexity index is 2280. The number of imidazole rings is 1. The molecule has 312 valence electrons. The number of ketones is 1. The van der Waals surface area contributed by atoms with Crippen LogP contribution in [0, 0.1) is 5.92 Å². The molecule has 0 radical (unpaired) electrons. The molecule has 1 atom stereocenters. The predicted octanol–water partition coefficient (Wildman–Crippen LogP) is 7.02. The van der Waals surface area contributed by atoms with Crippen LogP contribution in [0.15, 0.2) is 78.9 Å². The summed E-state index contributed by atoms with van der Waals surface area (Å²) < 4.78 is 29.8. The van der Waals surface area contributed by atoms with Crippen molar-refractivity contribution in [1.29, 1.82) is 0 Å². The molecular formula is C45H51ClN4O9. The Morgan fingerprint density at radius 1 is 0.763 bits per heavy atom. The first-order valence-electron chi connectivity index (χ1n) is 19.5. The number of carboxylic acid groups (broad SMARTS) is 1. The average Bonchev–Trinajstić information content (AvgIpc) is 3.87. The second kappa shape index (κ2) is 18.4. The van der Waals surface area contributed by atoms with Crippen molar-refractivity contribution in [2.24, 2.45) is 5.92 Å². The van der Waals surface area contributed by atoms with Gasteiger partial charge in [0.1, 0.15) is 0 Å². The van der Waals surface area contributed by atoms with Gasteiger partial charge in [0, 0.05) is 36.5 Å². The summed E-state index contributed by atoms with van der Waals surface area (Å²) in [6.07, 6.45) is 2.94. The van der Waals surface area contributed by atoms with Gasteiger partial charge in [-0.2, -0.15) is 0 Å². The van der Waals surface area contributed by atoms with Crippen LogP contribution >= 0.6 is 12.4 Å². The van der Waals surface area contributed by atoms with Crippen molar-refractivity contribution in [3.63, 3.8) is 0 Å². The molecule has 3 heterocycles. The Morgan fingerprint density at radius 3 is 2.05 bits per heavy atom. The number of piperidine rings is 1. The fourth-order valence-corrected chi connectivity index (χ4v) is 8.52. The van der Waals surface area contributed by atoms with E-state index in [0.29, 0.717) is 72.6 Å². The summed E-state index contributed by atoms with van der Waals surface area (Å²) in [7, 11) is 7.84. The summed E-state index contributed by atoms with van der Waals surface area (Å²) in [5, 5.41) is 9.36. The molecule has 1 amide bonds. The highest BCUT2D eigenvalue weighted by atomic mass is 35.5. The molecule has 14 heteroatoms. The zero-order valence-corrected chi connectivity index (χ0v) is 34.9. The molecule has 4 aromatic carbocycles. The van der Waals surface area contributed by atoms with Gasteiger partial charge in [-0.15, -0.1) is 12.4 Å². The lowest BCUT2D eigenvalue weighted by Crippen LogP contribution is -2.41. The third-order valence-corrected chi connectivity index (χ3v) is 11.8. The van der Waals surface area contributed by atoms with Crippen molar-refractivity contribution in [3.05, 3.63) is 107 Å². The monoisotopic (exact) mass is 826 g/mol. The van der Waals surface area contributed by atoms with Crippen LogP contribution in [0.1, 0.15) is 68.1 Å². The number of hydrogen-bond donors (Lipinski definition) is 1. The number of nitrogens with zero attached hydrogens (tertiary/aromatic N) is 4. The predicted molar refractivity (Wildman–Crippen MR) is 225 cm³/mol. The van der Waals surface area contributed by atoms with E-state index in [1.165, 1.54) is 21.3 Å². The second-order valence-electron chi connectivity index (χ2n) is 15.0. The molecule has 2 fully saturated rings. The zero-order chi connectivity index (χ0) is 41.0. The molecule has 2 aliphatic heterocycles. The molecular weight excluding hydrogens is 776 g/mol. The first kappa shape index (κ1) is 42.8. The molecule has 0 spiro atoms. The Kier molecular flexibility index (Phi) is 13.4. The Balaban J connectivity index is 0.00000585. The van der Waals surface area contributed by atoms with Gasteiger partial charge in [0.2, 0.25) is 11.5 Å². The average molecular weight is 827 g/mol. The number of Topliss-reactive ketones (excluding diaryl/α,β-unsaturated/α-hetero) is 1. The van der Waals surface area contributed by atoms with Crippen molar-refractivity contribution >= 4 is 41.1 Å². The lowest BCUT2D eigenvalue weighted by molar-refractivity contribution is 0.0695. The van der Waals surface area contributed by atoms with Crippen molar-refractivity contribution in [1.82, 2.24) is 19.4 Å². The molecule has 2 aliphatic rings. The maximum atomic E-state index is 14.2. The van der Waals surface area contributed by atoms with Crippen LogP contribution in [0.2, 0.25) is 0 Å². The Labute approximate surface area is 350 Å². The number of hydrogen-bond acceptors (Lipinski definition) is 10. The first-order valence-corrected chi connectivity index (χ1v) is 19.5. The van der Waals surface area contributed by atoms with Crippen LogP contribution in [0.4, 0.5) is 0 Å². The highest BCUT2D eigenvalue weighted by molar-refractivity contribution is 5.98. The van der Waals surface area contributed by atoms with Crippen LogP contribution in [-0.2, 0) is 12.0 Å². The molecule has 13 nitrogen and oxygen atoms in total. The number of benzene rings is 4. The summed E-state index contributed by atoms with van der Waals surface area (Å²) in [6.45, 7) is 3.75. The van der Waals surface area contributed by atoms with Crippen molar-refractivity contribution in [2.45, 2.75) is 37.6 Å². The molecule has 0 bridgehead atoms. The van der Waals surface area contributed by atoms with E-state index in [0.717, 1.165) is 54.6 Å². The highest BCUT2D eigenvalue weighted by Gasteiger charge is 2.43. The number of ether oxygens (including phenoxy) is 5. The molecule has 7 rings (SSSR count). The van der Waals surface area contributed by atoms with Gasteiger partial charge < -0.3 is 43.2 Å². The van der Waals surface area contributed by atoms with E-state index in [9.17, 15) is 19.5 Å². The minimum absolute atomic E-state index is 0. The first-order chi connectivity index (χ1) is 28.1. The summed E-state index contributed by atoms with van der Waals surface area (Å²) in [6, 6.07) is 23.9. The fraction of sp³-hybridized carbons (Fsp3) is 0.378. The van der Waals surface area contributed by atoms with Crippen molar-refractivity contribution in [3.8, 4) is 28.7 Å². The topological polar surface area (TPSA) is 142 Å². The number of carbonyl (C=O) groups is 3. The third-order valence-electron chi connectivity index (χ3n) is 11.8. The van der Waals surface area contributed by atoms with Gasteiger partial charge in [-0.1, -0.05) is 30.3 Å². The normalized spacial score (nSPS) is 17.0. The van der Waals surface area contributed by atoms with Crippen LogP contribution in [0.5, 0.6) is 28.7 Å². The number of fused-ring (bicyclic) bond motifs is 1. The number of para-hydroxylation sites is 2. The number of halogens is 1. The fourth-order valence-electron chi connectivity index (χ4n) is 8.52. The molecule has 1 aromatic heterocycles. The van der Waals surface area contributed by atoms with Crippen LogP contribution in [0.3, 0.4) is 0 Å². The molecule has 1 unspecified atom stereocenters. The Hall–Kier alpha value is -5.79. The number of likely N-dealkylation sites (tertiary alicyclic amines) is 2. The summed E-state index contributed by atoms with van der Waals surface area (Å²) >= 11 is 0. The van der Waals surface area contributed by atoms with Crippen molar-refractivity contribution in [2.75, 3.05) is 68.3 Å². The molecule has 59 heavy (non-hydrogen) atoms. The number of aromatic nitrogens is 2. The van der Waals surface area contributed by atoms with Crippen LogP contribution in [0.25, 0.3) is 11.0 Å². The molecule has 0 saturated carbocycles. The van der Waals surface area contributed by atoms with Gasteiger partial charge in [-0.05, 0) is 105 Å². The van der Waals surface area contributed by atoms with Gasteiger partial charge in [-0.25, -0.2) is 9.78 Å². The largest absolute Gasteiger partial charge is 0.493 e. The summed E-state index contributed by atoms with van der Waals surface area (Å²) in [5.41, 5.74) is 3.87. The standard InChI is InChI=1S/C45H50N4O9.ClH/c1-54-36-15-14-33(26-37(36)55-2)45(19-23-48(28-45)43(51)32-24-38(56-3)41(58-5)39(25-32)57-4)18-22-47-20-16-30(17-21-47)40(50)42-46-34-8-6-7-9-35(34)49(42)27-29-10-12-31(13-11-29)44(52)53;/h6-15,24-26,30H,16-23,27-28H2,1-5H3,(H,52,53);1H. The van der Waals surface area contributed by atoms with Gasteiger partial charge >= 0.3 is 5.97 Å². The van der Waals surface area contributed by atoms with E-state index in [4.69, 9.17) is 28.7 Å². The smallest absolute Gasteiger partial charge is 0.335 e. The van der Waals surface area contributed by atoms with Gasteiger partial charge in [0.25, 0.3) is 5.91 Å². The SMILES string of the molecule is COc1ccc(C2(CCN3CCC(C(=O)c4nc5ccccc5n4Cc4ccc(C(=O)O)cc4)CC3)CCN(C(=O)c3cc(OC)c(OC)c(OC)c3)C2)cc1OC.Cl. The van der Waals surface area contributed by atoms with Gasteiger partial charge in [0.05, 0.1) is 52.1 Å². The van der Waals surface area contributed by atoms with E-state index >= 15 is 0 Å². The number of carbonyl (C=O) groups excluding carboxylic acids is 2. The molecule has 2 saturated heterocycles. The van der Waals surface area contributed by atoms with Crippen LogP contribution < -0.4 is 23.7 Å². The molecule has 1 N–H and O–H groups in total. The van der Waals surface area contributed by atoms with E-state index in [1.807, 2.05) is 45.9 Å². The zero-order valence-electron chi connectivity index (χ0n) is 34.1. The number of methoxy groups -OCH3 is 5. The number of rotatable bonds is 15. The second-order valence-corrected chi connectivity index (χ2v) is 15.0. The quantitative estimate of drug-likeness (QED) is 0.109. The lowest BCUT2D eigenvalue weighted by Gasteiger charge is -2.36. The minimum atomic E-state index is -0.981. The molecule has 0 aliphatic carbocycles.